The Morgan fingerprint density at radius 2 is 1.92 bits per heavy atom. The Bertz CT molecular complexity index is 733. The molecule has 0 atom stereocenters. The van der Waals surface area contributed by atoms with Crippen LogP contribution in [0.4, 0.5) is 23.3 Å². The molecule has 0 radical (unpaired) electrons. The molecule has 1 N–H and O–H groups in total. The van der Waals surface area contributed by atoms with E-state index < -0.39 is 4.92 Å². The van der Waals surface area contributed by atoms with Gasteiger partial charge >= 0.3 is 0 Å². The Morgan fingerprint density at radius 3 is 2.54 bits per heavy atom. The number of nitro groups is 1. The van der Waals surface area contributed by atoms with Crippen LogP contribution in [0.1, 0.15) is 5.56 Å². The van der Waals surface area contributed by atoms with E-state index in [4.69, 9.17) is 0 Å². The van der Waals surface area contributed by atoms with Gasteiger partial charge in [0.05, 0.1) is 11.1 Å². The zero-order valence-corrected chi connectivity index (χ0v) is 14.0. The Labute approximate surface area is 139 Å². The van der Waals surface area contributed by atoms with Crippen LogP contribution >= 0.6 is 0 Å². The van der Waals surface area contributed by atoms with Crippen LogP contribution in [0.2, 0.25) is 0 Å². The van der Waals surface area contributed by atoms with E-state index in [2.05, 4.69) is 20.5 Å². The first-order chi connectivity index (χ1) is 11.4. The fraction of sp³-hybridized carbons (Fsp3) is 0.267. The van der Waals surface area contributed by atoms with Crippen LogP contribution in [-0.4, -0.2) is 49.3 Å². The van der Waals surface area contributed by atoms with Gasteiger partial charge in [0.15, 0.2) is 5.82 Å². The van der Waals surface area contributed by atoms with Crippen LogP contribution in [0.5, 0.6) is 0 Å². The molecule has 126 valence electrons. The van der Waals surface area contributed by atoms with Crippen LogP contribution < -0.4 is 15.2 Å². The molecular weight excluding hydrogens is 310 g/mol. The lowest BCUT2D eigenvalue weighted by molar-refractivity contribution is -0.384. The van der Waals surface area contributed by atoms with E-state index in [0.29, 0.717) is 17.3 Å². The molecule has 0 unspecified atom stereocenters. The van der Waals surface area contributed by atoms with Gasteiger partial charge in [-0.05, 0) is 0 Å². The minimum atomic E-state index is -0.443. The van der Waals surface area contributed by atoms with Crippen molar-refractivity contribution in [3.8, 4) is 0 Å². The number of anilines is 3. The van der Waals surface area contributed by atoms with E-state index in [9.17, 15) is 10.1 Å². The van der Waals surface area contributed by atoms with Gasteiger partial charge in [0, 0.05) is 52.0 Å². The van der Waals surface area contributed by atoms with E-state index in [1.54, 1.807) is 23.1 Å². The Hall–Kier alpha value is -3.23. The third-order valence-corrected chi connectivity index (χ3v) is 3.03. The van der Waals surface area contributed by atoms with Gasteiger partial charge in [-0.3, -0.25) is 15.5 Å². The van der Waals surface area contributed by atoms with Crippen molar-refractivity contribution in [3.63, 3.8) is 0 Å². The van der Waals surface area contributed by atoms with Crippen molar-refractivity contribution in [1.29, 1.82) is 0 Å². The van der Waals surface area contributed by atoms with Gasteiger partial charge in [0.1, 0.15) is 5.82 Å². The van der Waals surface area contributed by atoms with Crippen molar-refractivity contribution < 1.29 is 4.92 Å². The maximum atomic E-state index is 10.8. The van der Waals surface area contributed by atoms with Gasteiger partial charge in [-0.15, -0.1) is 0 Å². The summed E-state index contributed by atoms with van der Waals surface area (Å²) >= 11 is 0. The molecule has 0 fully saturated rings. The number of benzene rings is 1. The molecule has 2 rings (SSSR count). The summed E-state index contributed by atoms with van der Waals surface area (Å²) in [4.78, 5) is 22.7. The van der Waals surface area contributed by atoms with Gasteiger partial charge < -0.3 is 9.80 Å². The first-order valence-corrected chi connectivity index (χ1v) is 7.14. The number of hydrogen-bond acceptors (Lipinski definition) is 8. The molecule has 2 aromatic rings. The standard InChI is InChI=1S/C15H19N7O2/c1-20(2)14-9-13(17-15(18-14)21(3)4)19-16-10-11-6-5-7-12(8-11)22(23)24/h5-10H,1-4H3,(H,17,18,19). The number of nitro benzene ring substituents is 1. The number of nitrogens with one attached hydrogen (secondary N) is 1. The summed E-state index contributed by atoms with van der Waals surface area (Å²) < 4.78 is 0. The molecule has 0 saturated heterocycles. The van der Waals surface area contributed by atoms with Crippen molar-refractivity contribution in [3.05, 3.63) is 46.0 Å². The minimum Gasteiger partial charge on any atom is -0.363 e. The first kappa shape index (κ1) is 17.1. The van der Waals surface area contributed by atoms with Crippen LogP contribution in [-0.2, 0) is 0 Å². The van der Waals surface area contributed by atoms with Crippen LogP contribution in [0.3, 0.4) is 0 Å². The Balaban J connectivity index is 2.19. The summed E-state index contributed by atoms with van der Waals surface area (Å²) in [5.41, 5.74) is 3.46. The number of hydrogen-bond donors (Lipinski definition) is 1. The van der Waals surface area contributed by atoms with Gasteiger partial charge in [0.25, 0.3) is 5.69 Å². The Kier molecular flexibility index (Phi) is 5.25. The van der Waals surface area contributed by atoms with E-state index in [0.717, 1.165) is 5.82 Å². The van der Waals surface area contributed by atoms with Crippen molar-refractivity contribution >= 4 is 29.5 Å². The van der Waals surface area contributed by atoms with Crippen LogP contribution in [0.15, 0.2) is 35.4 Å². The average molecular weight is 329 g/mol. The normalized spacial score (nSPS) is 10.7. The number of rotatable bonds is 6. The summed E-state index contributed by atoms with van der Waals surface area (Å²) in [6.07, 6.45) is 1.50. The molecule has 9 heteroatoms. The highest BCUT2D eigenvalue weighted by Crippen LogP contribution is 2.18. The van der Waals surface area contributed by atoms with Gasteiger partial charge in [0.2, 0.25) is 5.95 Å². The smallest absolute Gasteiger partial charge is 0.270 e. The molecule has 1 aromatic heterocycles. The topological polar surface area (TPSA) is 99.8 Å². The van der Waals surface area contributed by atoms with E-state index in [1.807, 2.05) is 33.1 Å². The number of non-ortho nitro benzene ring substituents is 1. The molecule has 0 bridgehead atoms. The molecule has 0 aliphatic rings. The van der Waals surface area contributed by atoms with Gasteiger partial charge in [-0.1, -0.05) is 12.1 Å². The number of aromatic nitrogens is 2. The molecule has 0 amide bonds. The average Bonchev–Trinajstić information content (AvgIpc) is 2.54. The van der Waals surface area contributed by atoms with E-state index in [1.165, 1.54) is 18.3 Å². The number of hydrazone groups is 1. The van der Waals surface area contributed by atoms with Crippen molar-refractivity contribution in [1.82, 2.24) is 9.97 Å². The third-order valence-electron chi connectivity index (χ3n) is 3.03. The summed E-state index contributed by atoms with van der Waals surface area (Å²) in [5.74, 6) is 1.81. The lowest BCUT2D eigenvalue weighted by atomic mass is 10.2. The summed E-state index contributed by atoms with van der Waals surface area (Å²) in [6.45, 7) is 0. The third kappa shape index (κ3) is 4.38. The van der Waals surface area contributed by atoms with Crippen molar-refractivity contribution in [2.75, 3.05) is 43.4 Å². The van der Waals surface area contributed by atoms with Crippen LogP contribution in [0.25, 0.3) is 0 Å². The largest absolute Gasteiger partial charge is 0.363 e. The van der Waals surface area contributed by atoms with Crippen molar-refractivity contribution in [2.45, 2.75) is 0 Å². The minimum absolute atomic E-state index is 0.0192. The van der Waals surface area contributed by atoms with E-state index in [-0.39, 0.29) is 5.69 Å². The highest BCUT2D eigenvalue weighted by atomic mass is 16.6. The molecule has 9 nitrogen and oxygen atoms in total. The fourth-order valence-electron chi connectivity index (χ4n) is 1.80. The molecule has 24 heavy (non-hydrogen) atoms. The second-order valence-electron chi connectivity index (χ2n) is 5.42. The van der Waals surface area contributed by atoms with Gasteiger partial charge in [-0.25, -0.2) is 0 Å². The molecule has 0 aliphatic heterocycles. The monoisotopic (exact) mass is 329 g/mol. The Morgan fingerprint density at radius 1 is 1.17 bits per heavy atom. The first-order valence-electron chi connectivity index (χ1n) is 7.14. The fourth-order valence-corrected chi connectivity index (χ4v) is 1.80. The zero-order chi connectivity index (χ0) is 17.7. The maximum absolute atomic E-state index is 10.8. The summed E-state index contributed by atoms with van der Waals surface area (Å²) in [6, 6.07) is 7.98. The molecule has 0 saturated carbocycles. The highest BCUT2D eigenvalue weighted by Gasteiger charge is 2.07. The maximum Gasteiger partial charge on any atom is 0.270 e. The molecule has 1 aromatic carbocycles. The second kappa shape index (κ2) is 7.36. The molecule has 1 heterocycles. The predicted octanol–water partition coefficient (Wildman–Crippen LogP) is 1.96. The van der Waals surface area contributed by atoms with Crippen molar-refractivity contribution in [2.24, 2.45) is 5.10 Å². The molecule has 0 spiro atoms. The quantitative estimate of drug-likeness (QED) is 0.491. The molecule has 0 aliphatic carbocycles. The lowest BCUT2D eigenvalue weighted by Gasteiger charge is -2.16. The predicted molar refractivity (Wildman–Crippen MR) is 95.0 cm³/mol. The number of nitrogens with zero attached hydrogens (tertiary/aromatic N) is 6. The zero-order valence-electron chi connectivity index (χ0n) is 14.0. The summed E-state index contributed by atoms with van der Waals surface area (Å²) in [5, 5.41) is 14.9. The van der Waals surface area contributed by atoms with Gasteiger partial charge in [-0.2, -0.15) is 15.1 Å². The molecular formula is C15H19N7O2. The summed E-state index contributed by atoms with van der Waals surface area (Å²) in [7, 11) is 7.48. The SMILES string of the molecule is CN(C)c1cc(NN=Cc2cccc([N+](=O)[O-])c2)nc(N(C)C)n1. The van der Waals surface area contributed by atoms with E-state index >= 15 is 0 Å². The lowest BCUT2D eigenvalue weighted by Crippen LogP contribution is -2.17. The van der Waals surface area contributed by atoms with Crippen LogP contribution in [0, 0.1) is 10.1 Å². The second-order valence-corrected chi connectivity index (χ2v) is 5.42. The highest BCUT2D eigenvalue weighted by molar-refractivity contribution is 5.81.